The van der Waals surface area contributed by atoms with E-state index in [2.05, 4.69) is 11.9 Å². The zero-order valence-electron chi connectivity index (χ0n) is 9.93. The van der Waals surface area contributed by atoms with Crippen LogP contribution in [0.15, 0.2) is 12.7 Å². The van der Waals surface area contributed by atoms with Gasteiger partial charge in [0, 0.05) is 6.54 Å². The Kier molecular flexibility index (Phi) is 3.42. The molecule has 0 bridgehead atoms. The Labute approximate surface area is 91.9 Å². The Morgan fingerprint density at radius 1 is 1.53 bits per heavy atom. The Hall–Kier alpha value is -0.990. The first kappa shape index (κ1) is 12.1. The smallest absolute Gasteiger partial charge is 0.407 e. The van der Waals surface area contributed by atoms with E-state index in [1.165, 1.54) is 12.8 Å². The fourth-order valence-electron chi connectivity index (χ4n) is 1.51. The Morgan fingerprint density at radius 3 is 2.53 bits per heavy atom. The minimum Gasteiger partial charge on any atom is -0.444 e. The van der Waals surface area contributed by atoms with Crippen molar-refractivity contribution in [1.29, 1.82) is 0 Å². The SMILES string of the molecule is C=CCC1(CNC(=O)OC(C)(C)C)CC1. The average Bonchev–Trinajstić information content (AvgIpc) is 2.80. The van der Waals surface area contributed by atoms with Gasteiger partial charge in [0.05, 0.1) is 0 Å². The summed E-state index contributed by atoms with van der Waals surface area (Å²) in [6, 6.07) is 0. The van der Waals surface area contributed by atoms with E-state index in [0.29, 0.717) is 6.54 Å². The van der Waals surface area contributed by atoms with E-state index in [4.69, 9.17) is 4.74 Å². The highest BCUT2D eigenvalue weighted by Gasteiger charge is 2.41. The van der Waals surface area contributed by atoms with E-state index in [-0.39, 0.29) is 11.5 Å². The predicted molar refractivity (Wildman–Crippen MR) is 60.7 cm³/mol. The van der Waals surface area contributed by atoms with Crippen molar-refractivity contribution >= 4 is 6.09 Å². The molecule has 1 saturated carbocycles. The van der Waals surface area contributed by atoms with Gasteiger partial charge in [0.1, 0.15) is 5.60 Å². The summed E-state index contributed by atoms with van der Waals surface area (Å²) in [6.07, 6.45) is 4.92. The number of carbonyl (C=O) groups excluding carboxylic acids is 1. The molecule has 1 amide bonds. The van der Waals surface area contributed by atoms with Crippen LogP contribution in [0.25, 0.3) is 0 Å². The monoisotopic (exact) mass is 211 g/mol. The maximum Gasteiger partial charge on any atom is 0.407 e. The van der Waals surface area contributed by atoms with Crippen molar-refractivity contribution in [3.63, 3.8) is 0 Å². The van der Waals surface area contributed by atoms with E-state index >= 15 is 0 Å². The van der Waals surface area contributed by atoms with Crippen LogP contribution in [0.1, 0.15) is 40.0 Å². The molecule has 0 heterocycles. The van der Waals surface area contributed by atoms with Crippen molar-refractivity contribution in [3.05, 3.63) is 12.7 Å². The van der Waals surface area contributed by atoms with Crippen molar-refractivity contribution in [2.24, 2.45) is 5.41 Å². The summed E-state index contributed by atoms with van der Waals surface area (Å²) in [4.78, 5) is 11.4. The molecule has 15 heavy (non-hydrogen) atoms. The maximum absolute atomic E-state index is 11.4. The zero-order valence-corrected chi connectivity index (χ0v) is 9.93. The molecule has 0 saturated heterocycles. The molecule has 0 aromatic carbocycles. The molecule has 86 valence electrons. The summed E-state index contributed by atoms with van der Waals surface area (Å²) in [7, 11) is 0. The molecule has 0 radical (unpaired) electrons. The van der Waals surface area contributed by atoms with Crippen LogP contribution in [0, 0.1) is 5.41 Å². The lowest BCUT2D eigenvalue weighted by Crippen LogP contribution is -2.35. The van der Waals surface area contributed by atoms with Gasteiger partial charge in [-0.2, -0.15) is 0 Å². The van der Waals surface area contributed by atoms with Gasteiger partial charge in [-0.05, 0) is 45.4 Å². The van der Waals surface area contributed by atoms with E-state index in [0.717, 1.165) is 6.42 Å². The van der Waals surface area contributed by atoms with E-state index in [9.17, 15) is 4.79 Å². The largest absolute Gasteiger partial charge is 0.444 e. The molecule has 1 fully saturated rings. The Bertz CT molecular complexity index is 249. The molecule has 0 aromatic heterocycles. The lowest BCUT2D eigenvalue weighted by molar-refractivity contribution is 0.0516. The zero-order chi connectivity index (χ0) is 11.5. The number of hydrogen-bond donors (Lipinski definition) is 1. The van der Waals surface area contributed by atoms with Gasteiger partial charge < -0.3 is 10.1 Å². The van der Waals surface area contributed by atoms with Gasteiger partial charge in [0.2, 0.25) is 0 Å². The van der Waals surface area contributed by atoms with Gasteiger partial charge in [0.15, 0.2) is 0 Å². The second-order valence-corrected chi connectivity index (χ2v) is 5.35. The average molecular weight is 211 g/mol. The summed E-state index contributed by atoms with van der Waals surface area (Å²) in [6.45, 7) is 10.0. The minimum absolute atomic E-state index is 0.276. The van der Waals surface area contributed by atoms with Crippen LogP contribution in [0.3, 0.4) is 0 Å². The molecule has 1 N–H and O–H groups in total. The third-order valence-electron chi connectivity index (χ3n) is 2.54. The van der Waals surface area contributed by atoms with E-state index < -0.39 is 5.60 Å². The van der Waals surface area contributed by atoms with Gasteiger partial charge in [-0.15, -0.1) is 6.58 Å². The fraction of sp³-hybridized carbons (Fsp3) is 0.750. The van der Waals surface area contributed by atoms with Crippen LogP contribution in [-0.2, 0) is 4.74 Å². The number of ether oxygens (including phenoxy) is 1. The van der Waals surface area contributed by atoms with E-state index in [1.54, 1.807) is 0 Å². The number of rotatable bonds is 4. The third-order valence-corrected chi connectivity index (χ3v) is 2.54. The maximum atomic E-state index is 11.4. The van der Waals surface area contributed by atoms with E-state index in [1.807, 2.05) is 26.8 Å². The first-order valence-electron chi connectivity index (χ1n) is 5.45. The molecule has 0 atom stereocenters. The van der Waals surface area contributed by atoms with Gasteiger partial charge in [-0.1, -0.05) is 6.08 Å². The van der Waals surface area contributed by atoms with Gasteiger partial charge in [0.25, 0.3) is 0 Å². The number of amides is 1. The third kappa shape index (κ3) is 4.36. The number of hydrogen-bond acceptors (Lipinski definition) is 2. The Morgan fingerprint density at radius 2 is 2.13 bits per heavy atom. The van der Waals surface area contributed by atoms with Crippen LogP contribution in [0.2, 0.25) is 0 Å². The van der Waals surface area contributed by atoms with Crippen LogP contribution in [0.4, 0.5) is 4.79 Å². The standard InChI is InChI=1S/C12H21NO2/c1-5-6-12(7-8-12)9-13-10(14)15-11(2,3)4/h5H,1,6-9H2,2-4H3,(H,13,14). The predicted octanol–water partition coefficient (Wildman–Crippen LogP) is 2.87. The van der Waals surface area contributed by atoms with Crippen LogP contribution < -0.4 is 5.32 Å². The summed E-state index contributed by atoms with van der Waals surface area (Å²) >= 11 is 0. The highest BCUT2D eigenvalue weighted by molar-refractivity contribution is 5.67. The highest BCUT2D eigenvalue weighted by Crippen LogP contribution is 2.48. The van der Waals surface area contributed by atoms with Gasteiger partial charge >= 0.3 is 6.09 Å². The summed E-state index contributed by atoms with van der Waals surface area (Å²) in [5, 5.41) is 2.82. The lowest BCUT2D eigenvalue weighted by Gasteiger charge is -2.21. The van der Waals surface area contributed by atoms with Crippen molar-refractivity contribution < 1.29 is 9.53 Å². The van der Waals surface area contributed by atoms with Crippen molar-refractivity contribution in [2.75, 3.05) is 6.54 Å². The molecule has 1 aliphatic carbocycles. The minimum atomic E-state index is -0.417. The number of carbonyl (C=O) groups is 1. The van der Waals surface area contributed by atoms with Crippen molar-refractivity contribution in [3.8, 4) is 0 Å². The van der Waals surface area contributed by atoms with Crippen molar-refractivity contribution in [2.45, 2.75) is 45.6 Å². The summed E-state index contributed by atoms with van der Waals surface area (Å²) in [5.41, 5.74) is -0.141. The molecule has 3 nitrogen and oxygen atoms in total. The molecule has 0 aromatic rings. The van der Waals surface area contributed by atoms with Gasteiger partial charge in [-0.25, -0.2) is 4.79 Å². The normalized spacial score (nSPS) is 18.1. The summed E-state index contributed by atoms with van der Waals surface area (Å²) in [5.74, 6) is 0. The molecular formula is C12H21NO2. The van der Waals surface area contributed by atoms with Gasteiger partial charge in [-0.3, -0.25) is 0 Å². The summed E-state index contributed by atoms with van der Waals surface area (Å²) < 4.78 is 5.16. The van der Waals surface area contributed by atoms with Crippen LogP contribution >= 0.6 is 0 Å². The number of allylic oxidation sites excluding steroid dienone is 1. The van der Waals surface area contributed by atoms with Crippen molar-refractivity contribution in [1.82, 2.24) is 5.32 Å². The molecular weight excluding hydrogens is 190 g/mol. The molecule has 1 aliphatic rings. The first-order chi connectivity index (χ1) is 6.87. The topological polar surface area (TPSA) is 38.3 Å². The highest BCUT2D eigenvalue weighted by atomic mass is 16.6. The second kappa shape index (κ2) is 4.25. The Balaban J connectivity index is 2.25. The number of nitrogens with one attached hydrogen (secondary N) is 1. The molecule has 1 rings (SSSR count). The number of alkyl carbamates (subject to hydrolysis) is 1. The van der Waals surface area contributed by atoms with Crippen LogP contribution in [0.5, 0.6) is 0 Å². The lowest BCUT2D eigenvalue weighted by atomic mass is 10.0. The molecule has 3 heteroatoms. The molecule has 0 unspecified atom stereocenters. The second-order valence-electron chi connectivity index (χ2n) is 5.35. The molecule has 0 aliphatic heterocycles. The fourth-order valence-corrected chi connectivity index (χ4v) is 1.51. The quantitative estimate of drug-likeness (QED) is 0.726. The van der Waals surface area contributed by atoms with Crippen LogP contribution in [-0.4, -0.2) is 18.2 Å². The first-order valence-corrected chi connectivity index (χ1v) is 5.45. The molecule has 0 spiro atoms.